The molecule has 2 fully saturated rings. The van der Waals surface area contributed by atoms with Gasteiger partial charge in [0.1, 0.15) is 15.5 Å². The van der Waals surface area contributed by atoms with Crippen LogP contribution in [0.2, 0.25) is 0 Å². The Morgan fingerprint density at radius 3 is 2.33 bits per heavy atom. The van der Waals surface area contributed by atoms with E-state index in [-0.39, 0.29) is 17.0 Å². The first-order chi connectivity index (χ1) is 20.8. The lowest BCUT2D eigenvalue weighted by Crippen LogP contribution is -2.38. The number of pyridine rings is 1. The minimum atomic E-state index is -2.98. The van der Waals surface area contributed by atoms with E-state index in [2.05, 4.69) is 46.3 Å². The van der Waals surface area contributed by atoms with E-state index in [1.54, 1.807) is 10.8 Å². The molecule has 43 heavy (non-hydrogen) atoms. The van der Waals surface area contributed by atoms with Crippen molar-refractivity contribution in [1.29, 1.82) is 0 Å². The predicted molar refractivity (Wildman–Crippen MR) is 170 cm³/mol. The lowest BCUT2D eigenvalue weighted by Gasteiger charge is -2.31. The van der Waals surface area contributed by atoms with Gasteiger partial charge in [0, 0.05) is 44.7 Å². The van der Waals surface area contributed by atoms with Crippen LogP contribution in [0, 0.1) is 0 Å². The van der Waals surface area contributed by atoms with Gasteiger partial charge >= 0.3 is 5.69 Å². The summed E-state index contributed by atoms with van der Waals surface area (Å²) in [7, 11) is -1.16. The molecule has 1 N–H and O–H groups in total. The van der Waals surface area contributed by atoms with E-state index < -0.39 is 9.84 Å². The SMILES string of the molecule is Cn1c(=O)n(C2CCOCC2)c2c3c(-c4ccccc4)c(-c4ccc(CN5CCC(S(C)(=O)=O)CC5)cc4)[nH]c3ncc21. The van der Waals surface area contributed by atoms with Gasteiger partial charge in [0.15, 0.2) is 0 Å². The summed E-state index contributed by atoms with van der Waals surface area (Å²) >= 11 is 0. The van der Waals surface area contributed by atoms with Gasteiger partial charge in [0.05, 0.1) is 33.6 Å². The van der Waals surface area contributed by atoms with Crippen LogP contribution in [0.4, 0.5) is 0 Å². The molecular formula is C33H37N5O4S. The number of sulfone groups is 1. The number of aromatic nitrogens is 4. The van der Waals surface area contributed by atoms with Crippen molar-refractivity contribution in [3.63, 3.8) is 0 Å². The monoisotopic (exact) mass is 599 g/mol. The van der Waals surface area contributed by atoms with Crippen molar-refractivity contribution in [3.05, 3.63) is 76.8 Å². The maximum atomic E-state index is 13.6. The highest BCUT2D eigenvalue weighted by Crippen LogP contribution is 2.41. The van der Waals surface area contributed by atoms with Crippen molar-refractivity contribution in [1.82, 2.24) is 24.0 Å². The van der Waals surface area contributed by atoms with Crippen molar-refractivity contribution < 1.29 is 13.2 Å². The summed E-state index contributed by atoms with van der Waals surface area (Å²) in [5.41, 5.74) is 7.77. The molecule has 0 saturated carbocycles. The molecule has 3 aromatic heterocycles. The third-order valence-corrected chi connectivity index (χ3v) is 11.0. The third kappa shape index (κ3) is 5.11. The normalized spacial score (nSPS) is 17.7. The van der Waals surface area contributed by atoms with E-state index in [9.17, 15) is 13.2 Å². The Balaban J connectivity index is 1.31. The summed E-state index contributed by atoms with van der Waals surface area (Å²) in [5.74, 6) is 0. The van der Waals surface area contributed by atoms with Crippen LogP contribution < -0.4 is 5.69 Å². The van der Waals surface area contributed by atoms with Gasteiger partial charge < -0.3 is 9.72 Å². The van der Waals surface area contributed by atoms with Crippen LogP contribution in [0.1, 0.15) is 37.3 Å². The first kappa shape index (κ1) is 28.1. The predicted octanol–water partition coefficient (Wildman–Crippen LogP) is 4.91. The Morgan fingerprint density at radius 2 is 1.65 bits per heavy atom. The number of likely N-dealkylation sites (tertiary alicyclic amines) is 1. The number of fused-ring (bicyclic) bond motifs is 3. The van der Waals surface area contributed by atoms with Gasteiger partial charge in [0.2, 0.25) is 0 Å². The van der Waals surface area contributed by atoms with Crippen molar-refractivity contribution in [3.8, 4) is 22.4 Å². The molecule has 2 aromatic carbocycles. The summed E-state index contributed by atoms with van der Waals surface area (Å²) in [6, 6.07) is 19.0. The van der Waals surface area contributed by atoms with E-state index in [4.69, 9.17) is 9.72 Å². The largest absolute Gasteiger partial charge is 0.381 e. The molecule has 5 heterocycles. The van der Waals surface area contributed by atoms with Crippen LogP contribution in [-0.2, 0) is 28.2 Å². The zero-order valence-corrected chi connectivity index (χ0v) is 25.4. The highest BCUT2D eigenvalue weighted by atomic mass is 32.2. The highest BCUT2D eigenvalue weighted by Gasteiger charge is 2.28. The minimum absolute atomic E-state index is 0.0251. The Hall–Kier alpha value is -3.73. The number of ether oxygens (including phenoxy) is 1. The fourth-order valence-corrected chi connectivity index (χ4v) is 7.97. The number of imidazole rings is 1. The molecule has 0 bridgehead atoms. The van der Waals surface area contributed by atoms with Crippen molar-refractivity contribution in [2.24, 2.45) is 7.05 Å². The van der Waals surface area contributed by atoms with Gasteiger partial charge in [-0.1, -0.05) is 54.6 Å². The molecule has 7 rings (SSSR count). The number of aromatic amines is 1. The van der Waals surface area contributed by atoms with E-state index in [1.165, 1.54) is 11.8 Å². The molecule has 0 spiro atoms. The maximum absolute atomic E-state index is 13.6. The Morgan fingerprint density at radius 1 is 0.953 bits per heavy atom. The number of nitrogens with zero attached hydrogens (tertiary/aromatic N) is 4. The molecule has 0 unspecified atom stereocenters. The number of benzene rings is 2. The van der Waals surface area contributed by atoms with Crippen LogP contribution in [-0.4, -0.2) is 70.2 Å². The number of hydrogen-bond acceptors (Lipinski definition) is 6. The molecule has 0 amide bonds. The molecule has 10 heteroatoms. The van der Waals surface area contributed by atoms with Crippen LogP contribution in [0.25, 0.3) is 44.5 Å². The van der Waals surface area contributed by atoms with Gasteiger partial charge in [-0.25, -0.2) is 18.2 Å². The fourth-order valence-electron chi connectivity index (χ4n) is 6.90. The molecule has 224 valence electrons. The van der Waals surface area contributed by atoms with Crippen LogP contribution in [0.3, 0.4) is 0 Å². The number of aryl methyl sites for hydroxylation is 1. The van der Waals surface area contributed by atoms with Gasteiger partial charge in [0.25, 0.3) is 0 Å². The molecule has 5 aromatic rings. The summed E-state index contributed by atoms with van der Waals surface area (Å²) in [5, 5.41) is 0.734. The number of hydrogen-bond donors (Lipinski definition) is 1. The molecule has 0 aliphatic carbocycles. The van der Waals surface area contributed by atoms with E-state index in [0.29, 0.717) is 26.1 Å². The van der Waals surface area contributed by atoms with Crippen molar-refractivity contribution >= 4 is 31.9 Å². The second-order valence-corrected chi connectivity index (χ2v) is 14.3. The standard InChI is InChI=1S/C33H37N5O4S/c1-36-27-20-34-32-29(31(27)38(33(36)39)25-14-18-42-19-15-25)28(23-6-4-3-5-7-23)30(35-32)24-10-8-22(9-11-24)21-37-16-12-26(13-17-37)43(2,40)41/h3-11,20,25-26H,12-19,21H2,1-2H3,(H,34,35). The summed E-state index contributed by atoms with van der Waals surface area (Å²) < 4.78 is 33.2. The summed E-state index contributed by atoms with van der Waals surface area (Å²) in [6.07, 6.45) is 6.13. The lowest BCUT2D eigenvalue weighted by atomic mass is 9.97. The van der Waals surface area contributed by atoms with Gasteiger partial charge in [-0.15, -0.1) is 0 Å². The molecule has 2 aliphatic heterocycles. The van der Waals surface area contributed by atoms with Crippen molar-refractivity contribution in [2.45, 2.75) is 43.5 Å². The van der Waals surface area contributed by atoms with E-state index in [0.717, 1.165) is 76.9 Å². The first-order valence-corrected chi connectivity index (χ1v) is 17.0. The number of piperidine rings is 1. The van der Waals surface area contributed by atoms with E-state index in [1.807, 2.05) is 29.8 Å². The van der Waals surface area contributed by atoms with Gasteiger partial charge in [-0.2, -0.15) is 0 Å². The average Bonchev–Trinajstić information content (AvgIpc) is 3.53. The van der Waals surface area contributed by atoms with Crippen molar-refractivity contribution in [2.75, 3.05) is 32.6 Å². The number of nitrogens with one attached hydrogen (secondary N) is 1. The van der Waals surface area contributed by atoms with Crippen LogP contribution >= 0.6 is 0 Å². The van der Waals surface area contributed by atoms with Gasteiger partial charge in [-0.05, 0) is 55.5 Å². The molecule has 2 aliphatic rings. The minimum Gasteiger partial charge on any atom is -0.381 e. The lowest BCUT2D eigenvalue weighted by molar-refractivity contribution is 0.0697. The number of H-pyrrole nitrogens is 1. The second kappa shape index (κ2) is 11.1. The second-order valence-electron chi connectivity index (χ2n) is 12.0. The molecule has 9 nitrogen and oxygen atoms in total. The maximum Gasteiger partial charge on any atom is 0.329 e. The third-order valence-electron chi connectivity index (χ3n) is 9.28. The Bertz CT molecular complexity index is 1940. The molecule has 0 radical (unpaired) electrons. The summed E-state index contributed by atoms with van der Waals surface area (Å²) in [6.45, 7) is 3.65. The van der Waals surface area contributed by atoms with Crippen LogP contribution in [0.5, 0.6) is 0 Å². The molecule has 2 saturated heterocycles. The van der Waals surface area contributed by atoms with E-state index >= 15 is 0 Å². The average molecular weight is 600 g/mol. The highest BCUT2D eigenvalue weighted by molar-refractivity contribution is 7.91. The molecule has 0 atom stereocenters. The molecular weight excluding hydrogens is 562 g/mol. The number of rotatable bonds is 6. The zero-order chi connectivity index (χ0) is 29.7. The van der Waals surface area contributed by atoms with Gasteiger partial charge in [-0.3, -0.25) is 14.0 Å². The quantitative estimate of drug-likeness (QED) is 0.298. The Kier molecular flexibility index (Phi) is 7.23. The van der Waals surface area contributed by atoms with Crippen LogP contribution in [0.15, 0.2) is 65.6 Å². The summed E-state index contributed by atoms with van der Waals surface area (Å²) in [4.78, 5) is 24.4. The fraction of sp³-hybridized carbons (Fsp3) is 0.394. The smallest absolute Gasteiger partial charge is 0.329 e. The first-order valence-electron chi connectivity index (χ1n) is 15.0. The zero-order valence-electron chi connectivity index (χ0n) is 24.6. The topological polar surface area (TPSA) is 102 Å². The Labute approximate surface area is 251 Å².